The monoisotopic (exact) mass is 359 g/mol. The van der Waals surface area contributed by atoms with E-state index in [0.29, 0.717) is 11.4 Å². The standard InChI is InChI=1S/C20H25NO3S/c1-25(23,24)19-11-6-5-10-18(19)21-13-7-12-20(15-21,16-22)14-17-8-3-2-4-9-17/h2-6,8-11,22H,7,12-16H2,1H3. The zero-order chi connectivity index (χ0) is 17.9. The first-order valence-electron chi connectivity index (χ1n) is 8.62. The second kappa shape index (κ2) is 7.18. The van der Waals surface area contributed by atoms with E-state index < -0.39 is 9.84 Å². The quantitative estimate of drug-likeness (QED) is 0.892. The van der Waals surface area contributed by atoms with E-state index in [1.807, 2.05) is 30.3 Å². The van der Waals surface area contributed by atoms with Gasteiger partial charge in [-0.05, 0) is 37.0 Å². The molecule has 0 aromatic heterocycles. The van der Waals surface area contributed by atoms with Gasteiger partial charge in [0.15, 0.2) is 9.84 Å². The number of hydrogen-bond acceptors (Lipinski definition) is 4. The normalized spacial score (nSPS) is 21.3. The van der Waals surface area contributed by atoms with E-state index in [4.69, 9.17) is 0 Å². The minimum absolute atomic E-state index is 0.0967. The number of para-hydroxylation sites is 1. The van der Waals surface area contributed by atoms with Gasteiger partial charge in [0.05, 0.1) is 17.2 Å². The fraction of sp³-hybridized carbons (Fsp3) is 0.400. The maximum absolute atomic E-state index is 12.1. The molecular weight excluding hydrogens is 334 g/mol. The van der Waals surface area contributed by atoms with Crippen LogP contribution in [0, 0.1) is 5.41 Å². The van der Waals surface area contributed by atoms with Crippen molar-refractivity contribution in [3.05, 3.63) is 60.2 Å². The molecule has 1 atom stereocenters. The molecular formula is C20H25NO3S. The van der Waals surface area contributed by atoms with Crippen molar-refractivity contribution < 1.29 is 13.5 Å². The van der Waals surface area contributed by atoms with Gasteiger partial charge in [-0.2, -0.15) is 0 Å². The lowest BCUT2D eigenvalue weighted by atomic mass is 9.75. The number of hydrogen-bond donors (Lipinski definition) is 1. The highest BCUT2D eigenvalue weighted by Gasteiger charge is 2.36. The molecule has 1 aliphatic heterocycles. The number of piperidine rings is 1. The molecule has 1 N–H and O–H groups in total. The summed E-state index contributed by atoms with van der Waals surface area (Å²) in [4.78, 5) is 2.49. The third-order valence-corrected chi connectivity index (χ3v) is 6.17. The van der Waals surface area contributed by atoms with Crippen LogP contribution in [0.15, 0.2) is 59.5 Å². The van der Waals surface area contributed by atoms with Gasteiger partial charge in [-0.15, -0.1) is 0 Å². The first kappa shape index (κ1) is 18.0. The third-order valence-electron chi connectivity index (χ3n) is 5.02. The van der Waals surface area contributed by atoms with Crippen LogP contribution in [0.25, 0.3) is 0 Å². The summed E-state index contributed by atoms with van der Waals surface area (Å²) in [6.07, 6.45) is 3.92. The predicted octanol–water partition coefficient (Wildman–Crippen LogP) is 2.91. The van der Waals surface area contributed by atoms with Gasteiger partial charge in [0.25, 0.3) is 0 Å². The summed E-state index contributed by atoms with van der Waals surface area (Å²) < 4.78 is 24.3. The SMILES string of the molecule is CS(=O)(=O)c1ccccc1N1CCCC(CO)(Cc2ccccc2)C1. The first-order chi connectivity index (χ1) is 11.9. The summed E-state index contributed by atoms with van der Waals surface area (Å²) in [5.74, 6) is 0. The molecule has 1 unspecified atom stereocenters. The molecule has 0 saturated carbocycles. The molecule has 2 aromatic rings. The Balaban J connectivity index is 1.90. The van der Waals surface area contributed by atoms with Gasteiger partial charge in [0.2, 0.25) is 0 Å². The van der Waals surface area contributed by atoms with E-state index in [9.17, 15) is 13.5 Å². The van der Waals surface area contributed by atoms with E-state index >= 15 is 0 Å². The highest BCUT2D eigenvalue weighted by Crippen LogP contribution is 2.37. The Labute approximate surface area is 150 Å². The van der Waals surface area contributed by atoms with Gasteiger partial charge in [-0.1, -0.05) is 42.5 Å². The van der Waals surface area contributed by atoms with Crippen LogP contribution < -0.4 is 4.90 Å². The van der Waals surface area contributed by atoms with Crippen molar-refractivity contribution in [2.24, 2.45) is 5.41 Å². The summed E-state index contributed by atoms with van der Waals surface area (Å²) in [5.41, 5.74) is 1.70. The smallest absolute Gasteiger partial charge is 0.177 e. The number of rotatable bonds is 5. The molecule has 25 heavy (non-hydrogen) atoms. The number of benzene rings is 2. The van der Waals surface area contributed by atoms with Crippen LogP contribution in [0.4, 0.5) is 5.69 Å². The molecule has 5 heteroatoms. The number of sulfone groups is 1. The molecule has 134 valence electrons. The van der Waals surface area contributed by atoms with E-state index in [-0.39, 0.29) is 12.0 Å². The van der Waals surface area contributed by atoms with Gasteiger partial charge in [0, 0.05) is 24.8 Å². The van der Waals surface area contributed by atoms with E-state index in [2.05, 4.69) is 17.0 Å². The minimum Gasteiger partial charge on any atom is -0.396 e. The van der Waals surface area contributed by atoms with Crippen LogP contribution in [-0.2, 0) is 16.3 Å². The van der Waals surface area contributed by atoms with Crippen LogP contribution in [0.2, 0.25) is 0 Å². The minimum atomic E-state index is -3.29. The van der Waals surface area contributed by atoms with Gasteiger partial charge in [-0.3, -0.25) is 0 Å². The number of anilines is 1. The van der Waals surface area contributed by atoms with Gasteiger partial charge >= 0.3 is 0 Å². The molecule has 4 nitrogen and oxygen atoms in total. The Hall–Kier alpha value is -1.85. The molecule has 1 saturated heterocycles. The Morgan fingerprint density at radius 3 is 2.44 bits per heavy atom. The summed E-state index contributed by atoms with van der Waals surface area (Å²) in [6.45, 7) is 1.56. The van der Waals surface area contributed by atoms with Crippen molar-refractivity contribution in [1.82, 2.24) is 0 Å². The lowest BCUT2D eigenvalue weighted by Gasteiger charge is -2.43. The lowest BCUT2D eigenvalue weighted by Crippen LogP contribution is -2.47. The van der Waals surface area contributed by atoms with Crippen molar-refractivity contribution in [2.45, 2.75) is 24.2 Å². The average molecular weight is 359 g/mol. The zero-order valence-corrected chi connectivity index (χ0v) is 15.4. The molecule has 0 bridgehead atoms. The average Bonchev–Trinajstić information content (AvgIpc) is 2.62. The van der Waals surface area contributed by atoms with Crippen molar-refractivity contribution in [2.75, 3.05) is 30.9 Å². The van der Waals surface area contributed by atoms with Gasteiger partial charge in [-0.25, -0.2) is 8.42 Å². The number of aliphatic hydroxyl groups excluding tert-OH is 1. The molecule has 0 spiro atoms. The van der Waals surface area contributed by atoms with Crippen LogP contribution in [-0.4, -0.2) is 39.5 Å². The van der Waals surface area contributed by atoms with Gasteiger partial charge < -0.3 is 10.0 Å². The maximum Gasteiger partial charge on any atom is 0.177 e. The van der Waals surface area contributed by atoms with E-state index in [1.165, 1.54) is 11.8 Å². The van der Waals surface area contributed by atoms with Crippen LogP contribution in [0.5, 0.6) is 0 Å². The maximum atomic E-state index is 12.1. The van der Waals surface area contributed by atoms with Crippen molar-refractivity contribution in [1.29, 1.82) is 0 Å². The highest BCUT2D eigenvalue weighted by molar-refractivity contribution is 7.90. The largest absolute Gasteiger partial charge is 0.396 e. The summed E-state index contributed by atoms with van der Waals surface area (Å²) in [7, 11) is -3.29. The number of nitrogens with zero attached hydrogens (tertiary/aromatic N) is 1. The van der Waals surface area contributed by atoms with Crippen LogP contribution >= 0.6 is 0 Å². The van der Waals surface area contributed by atoms with E-state index in [1.54, 1.807) is 12.1 Å². The summed E-state index contributed by atoms with van der Waals surface area (Å²) >= 11 is 0. The molecule has 0 aliphatic carbocycles. The molecule has 0 radical (unpaired) electrons. The Morgan fingerprint density at radius 1 is 1.08 bits per heavy atom. The van der Waals surface area contributed by atoms with Crippen LogP contribution in [0.1, 0.15) is 18.4 Å². The molecule has 3 rings (SSSR count). The van der Waals surface area contributed by atoms with Crippen molar-refractivity contribution >= 4 is 15.5 Å². The second-order valence-corrected chi connectivity index (χ2v) is 9.07. The lowest BCUT2D eigenvalue weighted by molar-refractivity contribution is 0.105. The molecule has 1 heterocycles. The van der Waals surface area contributed by atoms with Crippen LogP contribution in [0.3, 0.4) is 0 Å². The molecule has 1 aliphatic rings. The zero-order valence-electron chi connectivity index (χ0n) is 14.6. The fourth-order valence-electron chi connectivity index (χ4n) is 3.80. The highest BCUT2D eigenvalue weighted by atomic mass is 32.2. The van der Waals surface area contributed by atoms with E-state index in [0.717, 1.165) is 31.5 Å². The Morgan fingerprint density at radius 2 is 1.76 bits per heavy atom. The first-order valence-corrected chi connectivity index (χ1v) is 10.5. The summed E-state index contributed by atoms with van der Waals surface area (Å²) in [6, 6.07) is 17.3. The van der Waals surface area contributed by atoms with Crippen molar-refractivity contribution in [3.63, 3.8) is 0 Å². The second-order valence-electron chi connectivity index (χ2n) is 7.09. The molecule has 0 amide bonds. The summed E-state index contributed by atoms with van der Waals surface area (Å²) in [5, 5.41) is 10.2. The van der Waals surface area contributed by atoms with Gasteiger partial charge in [0.1, 0.15) is 0 Å². The number of aliphatic hydroxyl groups is 1. The predicted molar refractivity (Wildman–Crippen MR) is 101 cm³/mol. The molecule has 2 aromatic carbocycles. The topological polar surface area (TPSA) is 57.6 Å². The van der Waals surface area contributed by atoms with Crippen molar-refractivity contribution in [3.8, 4) is 0 Å². The fourth-order valence-corrected chi connectivity index (χ4v) is 4.71. The third kappa shape index (κ3) is 4.05. The Kier molecular flexibility index (Phi) is 5.16. The molecule has 1 fully saturated rings. The Bertz CT molecular complexity index is 820.